The number of anilines is 1. The minimum absolute atomic E-state index is 0.0147. The topological polar surface area (TPSA) is 109 Å². The molecule has 2 amide bonds. The van der Waals surface area contributed by atoms with E-state index in [0.29, 0.717) is 40.2 Å². The molecule has 2 aliphatic carbocycles. The zero-order chi connectivity index (χ0) is 25.1. The summed E-state index contributed by atoms with van der Waals surface area (Å²) < 4.78 is 37.0. The molecule has 188 valence electrons. The van der Waals surface area contributed by atoms with Gasteiger partial charge >= 0.3 is 6.61 Å². The van der Waals surface area contributed by atoms with Crippen LogP contribution in [0.5, 0.6) is 11.6 Å². The first-order chi connectivity index (χ1) is 17.3. The lowest BCUT2D eigenvalue weighted by atomic mass is 9.99. The van der Waals surface area contributed by atoms with Gasteiger partial charge in [0.2, 0.25) is 17.7 Å². The lowest BCUT2D eigenvalue weighted by Gasteiger charge is -2.24. The highest BCUT2D eigenvalue weighted by molar-refractivity contribution is 6.04. The minimum Gasteiger partial charge on any atom is -0.480 e. The number of amides is 2. The van der Waals surface area contributed by atoms with E-state index >= 15 is 0 Å². The number of halogens is 2. The van der Waals surface area contributed by atoms with Crippen molar-refractivity contribution in [2.75, 3.05) is 12.4 Å². The van der Waals surface area contributed by atoms with Crippen LogP contribution in [0, 0.1) is 11.8 Å². The van der Waals surface area contributed by atoms with Gasteiger partial charge in [-0.1, -0.05) is 0 Å². The number of aromatic nitrogens is 3. The molecular weight excluding hydrogens is 472 g/mol. The average molecular weight is 498 g/mol. The monoisotopic (exact) mass is 497 g/mol. The molecule has 3 aliphatic rings. The number of nitrogens with zero attached hydrogens (tertiary/aromatic N) is 3. The maximum Gasteiger partial charge on any atom is 0.387 e. The predicted molar refractivity (Wildman–Crippen MR) is 126 cm³/mol. The van der Waals surface area contributed by atoms with Gasteiger partial charge in [-0.2, -0.15) is 18.7 Å². The molecule has 0 radical (unpaired) electrons. The van der Waals surface area contributed by atoms with Crippen molar-refractivity contribution < 1.29 is 27.8 Å². The lowest BCUT2D eigenvalue weighted by Crippen LogP contribution is -2.34. The van der Waals surface area contributed by atoms with Crippen LogP contribution in [-0.2, 0) is 11.3 Å². The van der Waals surface area contributed by atoms with Crippen LogP contribution in [0.3, 0.4) is 0 Å². The number of hydrogen-bond donors (Lipinski definition) is 2. The van der Waals surface area contributed by atoms with Gasteiger partial charge in [-0.05, 0) is 61.8 Å². The first kappa shape index (κ1) is 22.7. The molecule has 2 saturated carbocycles. The number of ether oxygens (including phenoxy) is 2. The Bertz CT molecular complexity index is 1380. The molecule has 1 aromatic carbocycles. The van der Waals surface area contributed by atoms with Crippen molar-refractivity contribution in [3.8, 4) is 22.8 Å². The number of aromatic amines is 1. The van der Waals surface area contributed by atoms with Gasteiger partial charge in [-0.15, -0.1) is 0 Å². The van der Waals surface area contributed by atoms with E-state index in [2.05, 4.69) is 20.3 Å². The number of fused-ring (bicyclic) bond motifs is 2. The fraction of sp³-hybridized carbons (Fsp3) is 0.440. The zero-order valence-corrected chi connectivity index (χ0v) is 19.8. The van der Waals surface area contributed by atoms with Gasteiger partial charge in [0.1, 0.15) is 11.4 Å². The molecule has 0 saturated heterocycles. The van der Waals surface area contributed by atoms with Gasteiger partial charge in [0.25, 0.3) is 5.91 Å². The van der Waals surface area contributed by atoms with E-state index in [0.717, 1.165) is 25.7 Å². The van der Waals surface area contributed by atoms with Gasteiger partial charge in [-0.3, -0.25) is 14.9 Å². The van der Waals surface area contributed by atoms with E-state index in [-0.39, 0.29) is 46.9 Å². The standard InChI is InChI=1S/C25H25F2N5O4/c1-11(12-3-4-12)32-10-15-7-14(8-17(36-24(26)27)18(15)23(32)34)16-9-28-20-19(16)22(35-2)31-25(29-20)30-21(33)13-5-6-13/h7-9,11-13,24H,3-6,10H2,1-2H3,(H2,28,29,30,31,33)/t11-/m0/s1. The highest BCUT2D eigenvalue weighted by Crippen LogP contribution is 2.43. The van der Waals surface area contributed by atoms with Crippen molar-refractivity contribution in [2.45, 2.75) is 51.8 Å². The number of methoxy groups -OCH3 is 1. The molecule has 0 bridgehead atoms. The summed E-state index contributed by atoms with van der Waals surface area (Å²) in [7, 11) is 1.45. The molecule has 1 aliphatic heterocycles. The van der Waals surface area contributed by atoms with Crippen molar-refractivity contribution >= 4 is 28.8 Å². The lowest BCUT2D eigenvalue weighted by molar-refractivity contribution is -0.117. The zero-order valence-electron chi connectivity index (χ0n) is 19.8. The van der Waals surface area contributed by atoms with Crippen molar-refractivity contribution in [1.82, 2.24) is 19.9 Å². The second-order valence-electron chi connectivity index (χ2n) is 9.64. The first-order valence-corrected chi connectivity index (χ1v) is 12.0. The molecule has 2 fully saturated rings. The molecule has 36 heavy (non-hydrogen) atoms. The number of carbonyl (C=O) groups excluding carboxylic acids is 2. The van der Waals surface area contributed by atoms with Gasteiger partial charge < -0.3 is 19.4 Å². The Morgan fingerprint density at radius 3 is 2.67 bits per heavy atom. The van der Waals surface area contributed by atoms with E-state index in [4.69, 9.17) is 9.47 Å². The average Bonchev–Trinajstić information content (AvgIpc) is 3.77. The van der Waals surface area contributed by atoms with Crippen molar-refractivity contribution in [3.05, 3.63) is 29.5 Å². The number of hydrogen-bond acceptors (Lipinski definition) is 6. The van der Waals surface area contributed by atoms with Crippen LogP contribution in [-0.4, -0.2) is 51.4 Å². The summed E-state index contributed by atoms with van der Waals surface area (Å²) in [5.74, 6) is 0.184. The summed E-state index contributed by atoms with van der Waals surface area (Å²) in [6.07, 6.45) is 5.48. The Kier molecular flexibility index (Phi) is 5.31. The second-order valence-corrected chi connectivity index (χ2v) is 9.64. The fourth-order valence-corrected chi connectivity index (χ4v) is 4.94. The molecular formula is C25H25F2N5O4. The third-order valence-corrected chi connectivity index (χ3v) is 7.20. The molecule has 3 aromatic rings. The normalized spacial score (nSPS) is 18.0. The van der Waals surface area contributed by atoms with Crippen LogP contribution in [0.4, 0.5) is 14.7 Å². The Labute approximate surface area is 205 Å². The third-order valence-electron chi connectivity index (χ3n) is 7.20. The van der Waals surface area contributed by atoms with Crippen LogP contribution in [0.25, 0.3) is 22.2 Å². The molecule has 2 aromatic heterocycles. The number of benzene rings is 1. The van der Waals surface area contributed by atoms with Crippen molar-refractivity contribution in [1.29, 1.82) is 0 Å². The summed E-state index contributed by atoms with van der Waals surface area (Å²) in [5, 5.41) is 3.24. The fourth-order valence-electron chi connectivity index (χ4n) is 4.94. The molecule has 3 heterocycles. The van der Waals surface area contributed by atoms with Crippen LogP contribution in [0.2, 0.25) is 0 Å². The van der Waals surface area contributed by atoms with E-state index in [1.807, 2.05) is 13.0 Å². The molecule has 2 N–H and O–H groups in total. The minimum atomic E-state index is -3.08. The molecule has 0 spiro atoms. The highest BCUT2D eigenvalue weighted by atomic mass is 19.3. The van der Waals surface area contributed by atoms with E-state index in [1.54, 1.807) is 11.1 Å². The maximum absolute atomic E-state index is 13.3. The van der Waals surface area contributed by atoms with Crippen molar-refractivity contribution in [2.24, 2.45) is 11.8 Å². The van der Waals surface area contributed by atoms with Crippen LogP contribution < -0.4 is 14.8 Å². The third kappa shape index (κ3) is 3.92. The van der Waals surface area contributed by atoms with Gasteiger partial charge in [0.05, 0.1) is 18.1 Å². The number of H-pyrrole nitrogens is 1. The number of rotatable bonds is 8. The summed E-state index contributed by atoms with van der Waals surface area (Å²) in [4.78, 5) is 38.9. The summed E-state index contributed by atoms with van der Waals surface area (Å²) in [5.41, 5.74) is 2.38. The van der Waals surface area contributed by atoms with Gasteiger partial charge in [-0.25, -0.2) is 0 Å². The SMILES string of the molecule is COc1nc(NC(=O)C2CC2)nc2[nH]cc(-c3cc4c(c(OC(F)F)c3)C(=O)N([C@@H](C)C3CC3)C4)c12. The predicted octanol–water partition coefficient (Wildman–Crippen LogP) is 4.34. The molecule has 0 unspecified atom stereocenters. The smallest absolute Gasteiger partial charge is 0.387 e. The van der Waals surface area contributed by atoms with Crippen molar-refractivity contribution in [3.63, 3.8) is 0 Å². The Morgan fingerprint density at radius 1 is 1.22 bits per heavy atom. The van der Waals surface area contributed by atoms with E-state index in [1.165, 1.54) is 13.2 Å². The first-order valence-electron chi connectivity index (χ1n) is 12.0. The Balaban J connectivity index is 1.42. The molecule has 6 rings (SSSR count). The quantitative estimate of drug-likeness (QED) is 0.479. The molecule has 9 nitrogen and oxygen atoms in total. The number of carbonyl (C=O) groups is 2. The Morgan fingerprint density at radius 2 is 2.00 bits per heavy atom. The van der Waals surface area contributed by atoms with Gasteiger partial charge in [0, 0.05) is 30.3 Å². The van der Waals surface area contributed by atoms with Crippen LogP contribution in [0.15, 0.2) is 18.3 Å². The largest absolute Gasteiger partial charge is 0.480 e. The highest BCUT2D eigenvalue weighted by Gasteiger charge is 2.40. The maximum atomic E-state index is 13.3. The summed E-state index contributed by atoms with van der Waals surface area (Å²) in [6.45, 7) is -0.755. The number of alkyl halides is 2. The summed E-state index contributed by atoms with van der Waals surface area (Å²) in [6, 6.07) is 3.29. The molecule has 1 atom stereocenters. The Hall–Kier alpha value is -3.76. The molecule has 11 heteroatoms. The van der Waals surface area contributed by atoms with Gasteiger partial charge in [0.15, 0.2) is 0 Å². The summed E-state index contributed by atoms with van der Waals surface area (Å²) >= 11 is 0. The number of nitrogens with one attached hydrogen (secondary N) is 2. The van der Waals surface area contributed by atoms with Crippen LogP contribution in [0.1, 0.15) is 48.5 Å². The van der Waals surface area contributed by atoms with E-state index in [9.17, 15) is 18.4 Å². The van der Waals surface area contributed by atoms with Crippen LogP contribution >= 0.6 is 0 Å². The van der Waals surface area contributed by atoms with E-state index < -0.39 is 6.61 Å². The second kappa shape index (κ2) is 8.42.